The van der Waals surface area contributed by atoms with Gasteiger partial charge in [-0.1, -0.05) is 0 Å². The lowest BCUT2D eigenvalue weighted by atomic mass is 10.3. The van der Waals surface area contributed by atoms with E-state index in [0.717, 1.165) is 0 Å². The van der Waals surface area contributed by atoms with E-state index in [4.69, 9.17) is 4.74 Å². The maximum atomic E-state index is 11.8. The van der Waals surface area contributed by atoms with Gasteiger partial charge in [-0.25, -0.2) is 4.98 Å². The number of rotatable bonds is 6. The van der Waals surface area contributed by atoms with Crippen molar-refractivity contribution in [2.75, 3.05) is 20.2 Å². The van der Waals surface area contributed by atoms with Crippen molar-refractivity contribution in [3.8, 4) is 0 Å². The van der Waals surface area contributed by atoms with Gasteiger partial charge >= 0.3 is 5.97 Å². The maximum absolute atomic E-state index is 11.8. The predicted octanol–water partition coefficient (Wildman–Crippen LogP) is 1.14. The Bertz CT molecular complexity index is 650. The van der Waals surface area contributed by atoms with Crippen molar-refractivity contribution in [2.45, 2.75) is 19.9 Å². The fourth-order valence-corrected chi connectivity index (χ4v) is 2.58. The summed E-state index contributed by atoms with van der Waals surface area (Å²) in [7, 11) is 1.89. The standard InChI is InChI=1S/C13H17N3O3S/c1-3-19-12(18)4-5-15(2)9-10-8-11(17)16-6-7-20-13(16)14-10/h6-8H,3-5,9H2,1-2H3. The number of thiazole rings is 1. The number of carbonyl (C=O) groups excluding carboxylic acids is 1. The number of hydrogen-bond acceptors (Lipinski definition) is 6. The Morgan fingerprint density at radius 1 is 1.55 bits per heavy atom. The molecular formula is C13H17N3O3S. The van der Waals surface area contributed by atoms with Crippen LogP contribution in [0.15, 0.2) is 22.4 Å². The maximum Gasteiger partial charge on any atom is 0.307 e. The minimum absolute atomic E-state index is 0.0787. The Morgan fingerprint density at radius 3 is 3.10 bits per heavy atom. The number of nitrogens with zero attached hydrogens (tertiary/aromatic N) is 3. The molecule has 2 aromatic rings. The van der Waals surface area contributed by atoms with E-state index < -0.39 is 0 Å². The zero-order valence-corrected chi connectivity index (χ0v) is 12.4. The van der Waals surface area contributed by atoms with Gasteiger partial charge in [0, 0.05) is 30.7 Å². The van der Waals surface area contributed by atoms with Crippen LogP contribution in [-0.4, -0.2) is 40.5 Å². The van der Waals surface area contributed by atoms with Crippen LogP contribution in [0, 0.1) is 0 Å². The molecule has 2 rings (SSSR count). The van der Waals surface area contributed by atoms with Crippen LogP contribution >= 0.6 is 11.3 Å². The number of ether oxygens (including phenoxy) is 1. The molecule has 0 N–H and O–H groups in total. The lowest BCUT2D eigenvalue weighted by Crippen LogP contribution is -2.24. The molecule has 0 fully saturated rings. The van der Waals surface area contributed by atoms with Crippen LogP contribution in [0.2, 0.25) is 0 Å². The quantitative estimate of drug-likeness (QED) is 0.748. The normalized spacial score (nSPS) is 11.2. The Hall–Kier alpha value is -1.73. The van der Waals surface area contributed by atoms with Crippen LogP contribution in [0.5, 0.6) is 0 Å². The molecule has 2 heterocycles. The lowest BCUT2D eigenvalue weighted by Gasteiger charge is -2.15. The molecule has 0 amide bonds. The van der Waals surface area contributed by atoms with E-state index in [1.165, 1.54) is 21.8 Å². The first-order valence-corrected chi connectivity index (χ1v) is 7.28. The summed E-state index contributed by atoms with van der Waals surface area (Å²) in [5.41, 5.74) is 0.633. The van der Waals surface area contributed by atoms with E-state index in [-0.39, 0.29) is 11.5 Å². The van der Waals surface area contributed by atoms with Gasteiger partial charge < -0.3 is 4.74 Å². The third-order valence-electron chi connectivity index (χ3n) is 2.79. The molecule has 0 saturated heterocycles. The first-order chi connectivity index (χ1) is 9.60. The van der Waals surface area contributed by atoms with Crippen molar-refractivity contribution < 1.29 is 9.53 Å². The third-order valence-corrected chi connectivity index (χ3v) is 3.55. The summed E-state index contributed by atoms with van der Waals surface area (Å²) in [5, 5.41) is 1.83. The minimum Gasteiger partial charge on any atom is -0.466 e. The summed E-state index contributed by atoms with van der Waals surface area (Å²) < 4.78 is 6.40. The first-order valence-electron chi connectivity index (χ1n) is 6.40. The molecule has 0 bridgehead atoms. The molecule has 0 aliphatic carbocycles. The second-order valence-corrected chi connectivity index (χ2v) is 5.31. The molecule has 108 valence electrons. The van der Waals surface area contributed by atoms with Crippen LogP contribution in [-0.2, 0) is 16.1 Å². The molecular weight excluding hydrogens is 278 g/mol. The van der Waals surface area contributed by atoms with Crippen molar-refractivity contribution in [1.82, 2.24) is 14.3 Å². The van der Waals surface area contributed by atoms with Gasteiger partial charge in [0.15, 0.2) is 4.96 Å². The second-order valence-electron chi connectivity index (χ2n) is 4.43. The molecule has 0 saturated carbocycles. The van der Waals surface area contributed by atoms with Crippen LogP contribution in [0.25, 0.3) is 4.96 Å². The van der Waals surface area contributed by atoms with Crippen molar-refractivity contribution in [2.24, 2.45) is 0 Å². The smallest absolute Gasteiger partial charge is 0.307 e. The summed E-state index contributed by atoms with van der Waals surface area (Å²) in [6.07, 6.45) is 2.05. The molecule has 0 aliphatic rings. The highest BCUT2D eigenvalue weighted by Crippen LogP contribution is 2.07. The van der Waals surface area contributed by atoms with E-state index >= 15 is 0 Å². The molecule has 0 spiro atoms. The Balaban J connectivity index is 1.97. The lowest BCUT2D eigenvalue weighted by molar-refractivity contribution is -0.143. The van der Waals surface area contributed by atoms with Crippen LogP contribution in [0.4, 0.5) is 0 Å². The summed E-state index contributed by atoms with van der Waals surface area (Å²) in [4.78, 5) is 30.2. The summed E-state index contributed by atoms with van der Waals surface area (Å²) in [5.74, 6) is -0.207. The van der Waals surface area contributed by atoms with Crippen LogP contribution in [0.1, 0.15) is 19.0 Å². The van der Waals surface area contributed by atoms with Crippen LogP contribution < -0.4 is 5.56 Å². The average Bonchev–Trinajstić information content (AvgIpc) is 2.85. The van der Waals surface area contributed by atoms with Gasteiger partial charge in [0.25, 0.3) is 5.56 Å². The molecule has 0 radical (unpaired) electrons. The Labute approximate surface area is 120 Å². The molecule has 2 aromatic heterocycles. The zero-order valence-electron chi connectivity index (χ0n) is 11.5. The zero-order chi connectivity index (χ0) is 14.5. The number of esters is 1. The minimum atomic E-state index is -0.207. The average molecular weight is 295 g/mol. The molecule has 20 heavy (non-hydrogen) atoms. The van der Waals surface area contributed by atoms with Gasteiger partial charge in [-0.15, -0.1) is 11.3 Å². The monoisotopic (exact) mass is 295 g/mol. The molecule has 7 heteroatoms. The van der Waals surface area contributed by atoms with Gasteiger partial charge in [-0.2, -0.15) is 0 Å². The number of aromatic nitrogens is 2. The van der Waals surface area contributed by atoms with E-state index in [2.05, 4.69) is 4.98 Å². The molecule has 0 aliphatic heterocycles. The highest BCUT2D eigenvalue weighted by atomic mass is 32.1. The van der Waals surface area contributed by atoms with Crippen molar-refractivity contribution in [1.29, 1.82) is 0 Å². The van der Waals surface area contributed by atoms with Crippen molar-refractivity contribution in [3.63, 3.8) is 0 Å². The van der Waals surface area contributed by atoms with Gasteiger partial charge in [0.2, 0.25) is 0 Å². The molecule has 0 aromatic carbocycles. The van der Waals surface area contributed by atoms with Gasteiger partial charge in [-0.05, 0) is 14.0 Å². The second kappa shape index (κ2) is 6.62. The summed E-state index contributed by atoms with van der Waals surface area (Å²) in [6.45, 7) is 3.29. The third kappa shape index (κ3) is 3.64. The highest BCUT2D eigenvalue weighted by molar-refractivity contribution is 7.15. The SMILES string of the molecule is CCOC(=O)CCN(C)Cc1cc(=O)n2ccsc2n1. The van der Waals surface area contributed by atoms with Gasteiger partial charge in [-0.3, -0.25) is 18.9 Å². The van der Waals surface area contributed by atoms with Crippen LogP contribution in [0.3, 0.4) is 0 Å². The Kier molecular flexibility index (Phi) is 4.86. The summed E-state index contributed by atoms with van der Waals surface area (Å²) >= 11 is 1.43. The number of carbonyl (C=O) groups is 1. The Morgan fingerprint density at radius 2 is 2.35 bits per heavy atom. The van der Waals surface area contributed by atoms with Gasteiger partial charge in [0.1, 0.15) is 0 Å². The van der Waals surface area contributed by atoms with E-state index in [1.54, 1.807) is 13.1 Å². The van der Waals surface area contributed by atoms with Crippen molar-refractivity contribution >= 4 is 22.3 Å². The number of hydrogen-bond donors (Lipinski definition) is 0. The van der Waals surface area contributed by atoms with Gasteiger partial charge in [0.05, 0.1) is 18.7 Å². The highest BCUT2D eigenvalue weighted by Gasteiger charge is 2.08. The molecule has 0 atom stereocenters. The largest absolute Gasteiger partial charge is 0.466 e. The molecule has 6 nitrogen and oxygen atoms in total. The predicted molar refractivity (Wildman–Crippen MR) is 76.9 cm³/mol. The van der Waals surface area contributed by atoms with E-state index in [1.807, 2.05) is 17.3 Å². The molecule has 0 unspecified atom stereocenters. The van der Waals surface area contributed by atoms with Crippen molar-refractivity contribution in [3.05, 3.63) is 33.7 Å². The van der Waals surface area contributed by atoms with E-state index in [9.17, 15) is 9.59 Å². The number of fused-ring (bicyclic) bond motifs is 1. The fourth-order valence-electron chi connectivity index (χ4n) is 1.84. The summed E-state index contributed by atoms with van der Waals surface area (Å²) in [6, 6.07) is 1.53. The topological polar surface area (TPSA) is 63.9 Å². The fraction of sp³-hybridized carbons (Fsp3) is 0.462. The first kappa shape index (κ1) is 14.7. The van der Waals surface area contributed by atoms with E-state index in [0.29, 0.717) is 36.8 Å².